The molecule has 2 aliphatic heterocycles. The van der Waals surface area contributed by atoms with E-state index in [2.05, 4.69) is 6.58 Å². The van der Waals surface area contributed by atoms with E-state index >= 15 is 0 Å². The van der Waals surface area contributed by atoms with Gasteiger partial charge in [-0.2, -0.15) is 0 Å². The molecule has 212 valence electrons. The van der Waals surface area contributed by atoms with Crippen molar-refractivity contribution in [3.05, 3.63) is 143 Å². The van der Waals surface area contributed by atoms with Gasteiger partial charge in [-0.1, -0.05) is 55.1 Å². The Hall–Kier alpha value is -4.52. The third-order valence-corrected chi connectivity index (χ3v) is 9.18. The van der Waals surface area contributed by atoms with Crippen LogP contribution in [-0.4, -0.2) is 20.4 Å². The Balaban J connectivity index is 1.34. The van der Waals surface area contributed by atoms with Crippen molar-refractivity contribution in [2.75, 3.05) is 0 Å². The van der Waals surface area contributed by atoms with Crippen molar-refractivity contribution in [2.45, 2.75) is 43.7 Å². The molecular formula is C36H32O6. The van der Waals surface area contributed by atoms with E-state index in [1.807, 2.05) is 48.5 Å². The molecule has 1 saturated heterocycles. The predicted molar refractivity (Wildman–Crippen MR) is 158 cm³/mol. The van der Waals surface area contributed by atoms with Crippen molar-refractivity contribution in [1.29, 1.82) is 0 Å². The molecule has 5 atom stereocenters. The Bertz CT molecular complexity index is 1650. The van der Waals surface area contributed by atoms with E-state index in [1.165, 1.54) is 11.1 Å². The average Bonchev–Trinajstić information content (AvgIpc) is 3.50. The van der Waals surface area contributed by atoms with Gasteiger partial charge in [0, 0.05) is 5.41 Å². The van der Waals surface area contributed by atoms with Gasteiger partial charge in [0.25, 0.3) is 0 Å². The van der Waals surface area contributed by atoms with E-state index in [4.69, 9.17) is 9.47 Å². The summed E-state index contributed by atoms with van der Waals surface area (Å²) < 4.78 is 13.7. The minimum atomic E-state index is -0.444. The van der Waals surface area contributed by atoms with Gasteiger partial charge >= 0.3 is 0 Å². The lowest BCUT2D eigenvalue weighted by atomic mass is 9.62. The van der Waals surface area contributed by atoms with Crippen LogP contribution in [-0.2, 0) is 9.47 Å². The number of ether oxygens (including phenoxy) is 2. The molecule has 0 radical (unpaired) electrons. The largest absolute Gasteiger partial charge is 0.508 e. The van der Waals surface area contributed by atoms with Crippen LogP contribution in [0.1, 0.15) is 65.9 Å². The topological polar surface area (TPSA) is 99.4 Å². The summed E-state index contributed by atoms with van der Waals surface area (Å²) in [4.78, 5) is 0. The molecule has 4 aromatic rings. The van der Waals surface area contributed by atoms with Crippen LogP contribution in [0.15, 0.2) is 120 Å². The van der Waals surface area contributed by atoms with Gasteiger partial charge in [0.1, 0.15) is 41.3 Å². The SMILES string of the molecule is C=C1[C@H](c2ccc(O)cc2)O[C@H](c2ccc(O)cc2)[C@]12CCC1=C(C2)[C@@H](c2ccc(O)cc2)O[C@H]1c1ccc(O)cc1. The number of hydrogen-bond acceptors (Lipinski definition) is 6. The maximum atomic E-state index is 10.0. The van der Waals surface area contributed by atoms with Crippen LogP contribution in [0, 0.1) is 5.41 Å². The summed E-state index contributed by atoms with van der Waals surface area (Å²) in [5, 5.41) is 39.8. The van der Waals surface area contributed by atoms with Gasteiger partial charge in [0.2, 0.25) is 0 Å². The van der Waals surface area contributed by atoms with Crippen LogP contribution in [0.2, 0.25) is 0 Å². The molecule has 6 heteroatoms. The van der Waals surface area contributed by atoms with Crippen LogP contribution < -0.4 is 0 Å². The quantitative estimate of drug-likeness (QED) is 0.190. The molecule has 0 saturated carbocycles. The lowest BCUT2D eigenvalue weighted by Crippen LogP contribution is -2.31. The second-order valence-corrected chi connectivity index (χ2v) is 11.6. The zero-order valence-corrected chi connectivity index (χ0v) is 23.0. The van der Waals surface area contributed by atoms with E-state index in [0.717, 1.165) is 40.7 Å². The second-order valence-electron chi connectivity index (χ2n) is 11.6. The lowest BCUT2D eigenvalue weighted by Gasteiger charge is -2.40. The van der Waals surface area contributed by atoms with E-state index in [9.17, 15) is 20.4 Å². The first-order valence-corrected chi connectivity index (χ1v) is 14.2. The molecule has 6 nitrogen and oxygen atoms in total. The highest BCUT2D eigenvalue weighted by molar-refractivity contribution is 5.48. The lowest BCUT2D eigenvalue weighted by molar-refractivity contribution is 0.00331. The zero-order chi connectivity index (χ0) is 29.0. The summed E-state index contributed by atoms with van der Waals surface area (Å²) in [5.74, 6) is 0.796. The van der Waals surface area contributed by atoms with Crippen LogP contribution >= 0.6 is 0 Å². The molecule has 4 aromatic carbocycles. The number of rotatable bonds is 4. The van der Waals surface area contributed by atoms with Crippen molar-refractivity contribution >= 4 is 0 Å². The maximum Gasteiger partial charge on any atom is 0.115 e. The van der Waals surface area contributed by atoms with Crippen LogP contribution in [0.25, 0.3) is 0 Å². The summed E-state index contributed by atoms with van der Waals surface area (Å²) in [6, 6.07) is 28.7. The van der Waals surface area contributed by atoms with E-state index in [-0.39, 0.29) is 47.4 Å². The zero-order valence-electron chi connectivity index (χ0n) is 23.0. The monoisotopic (exact) mass is 560 g/mol. The summed E-state index contributed by atoms with van der Waals surface area (Å²) >= 11 is 0. The van der Waals surface area contributed by atoms with Crippen molar-refractivity contribution in [3.8, 4) is 23.0 Å². The molecule has 0 bridgehead atoms. The number of aromatic hydroxyl groups is 4. The Morgan fingerprint density at radius 1 is 0.524 bits per heavy atom. The summed E-state index contributed by atoms with van der Waals surface area (Å²) in [7, 11) is 0. The molecule has 42 heavy (non-hydrogen) atoms. The van der Waals surface area contributed by atoms with Gasteiger partial charge in [0.15, 0.2) is 0 Å². The summed E-state index contributed by atoms with van der Waals surface area (Å²) in [6.07, 6.45) is 0.978. The smallest absolute Gasteiger partial charge is 0.115 e. The average molecular weight is 561 g/mol. The molecule has 0 aromatic heterocycles. The fourth-order valence-corrected chi connectivity index (χ4v) is 7.03. The standard InChI is InChI=1S/C36H32O6/c1-21-32(22-2-10-26(37)11-3-22)42-35(25-8-16-29(40)17-9-25)36(21)19-18-30-31(20-36)34(24-6-14-28(39)15-7-24)41-33(30)23-4-12-27(38)13-5-23/h2-17,32-35,37-40H,1,18-20H2/t32-,33+,34-,35-,36+/m1/s1. The third kappa shape index (κ3) is 4.35. The van der Waals surface area contributed by atoms with Gasteiger partial charge in [-0.15, -0.1) is 0 Å². The number of benzene rings is 4. The molecule has 2 heterocycles. The molecule has 4 N–H and O–H groups in total. The molecule has 3 aliphatic rings. The Morgan fingerprint density at radius 2 is 0.929 bits per heavy atom. The predicted octanol–water partition coefficient (Wildman–Crippen LogP) is 7.86. The van der Waals surface area contributed by atoms with Crippen molar-refractivity contribution < 1.29 is 29.9 Å². The second kappa shape index (κ2) is 10.1. The van der Waals surface area contributed by atoms with Crippen molar-refractivity contribution in [1.82, 2.24) is 0 Å². The Kier molecular flexibility index (Phi) is 6.34. The van der Waals surface area contributed by atoms with Crippen LogP contribution in [0.5, 0.6) is 23.0 Å². The number of hydrogen-bond donors (Lipinski definition) is 4. The fraction of sp³-hybridized carbons (Fsp3) is 0.222. The van der Waals surface area contributed by atoms with Gasteiger partial charge in [-0.05, 0) is 107 Å². The minimum Gasteiger partial charge on any atom is -0.508 e. The normalized spacial score (nSPS) is 27.0. The van der Waals surface area contributed by atoms with Gasteiger partial charge in [-0.3, -0.25) is 0 Å². The maximum absolute atomic E-state index is 10.0. The van der Waals surface area contributed by atoms with E-state index in [1.54, 1.807) is 48.5 Å². The van der Waals surface area contributed by atoms with Gasteiger partial charge in [0.05, 0.1) is 6.10 Å². The highest BCUT2D eigenvalue weighted by Gasteiger charge is 2.56. The fourth-order valence-electron chi connectivity index (χ4n) is 7.03. The van der Waals surface area contributed by atoms with E-state index < -0.39 is 5.41 Å². The van der Waals surface area contributed by atoms with E-state index in [0.29, 0.717) is 6.42 Å². The first kappa shape index (κ1) is 26.4. The molecule has 0 amide bonds. The van der Waals surface area contributed by atoms with Crippen LogP contribution in [0.3, 0.4) is 0 Å². The minimum absolute atomic E-state index is 0.194. The highest BCUT2D eigenvalue weighted by atomic mass is 16.5. The molecule has 7 rings (SSSR count). The van der Waals surface area contributed by atoms with Crippen molar-refractivity contribution in [3.63, 3.8) is 0 Å². The highest BCUT2D eigenvalue weighted by Crippen LogP contribution is 2.66. The first-order chi connectivity index (χ1) is 20.3. The van der Waals surface area contributed by atoms with Crippen LogP contribution in [0.4, 0.5) is 0 Å². The molecule has 1 fully saturated rings. The third-order valence-electron chi connectivity index (χ3n) is 9.18. The van der Waals surface area contributed by atoms with Crippen molar-refractivity contribution in [2.24, 2.45) is 5.41 Å². The molecule has 1 spiro atoms. The first-order valence-electron chi connectivity index (χ1n) is 14.2. The Labute approximate surface area is 244 Å². The number of phenols is 4. The Morgan fingerprint density at radius 3 is 1.40 bits per heavy atom. The molecular weight excluding hydrogens is 528 g/mol. The molecule has 0 unspecified atom stereocenters. The van der Waals surface area contributed by atoms with Gasteiger partial charge in [-0.25, -0.2) is 0 Å². The number of phenolic OH excluding ortho intramolecular Hbond substituents is 4. The summed E-state index contributed by atoms with van der Waals surface area (Å²) in [5.41, 5.74) is 6.79. The van der Waals surface area contributed by atoms with Gasteiger partial charge < -0.3 is 29.9 Å². The summed E-state index contributed by atoms with van der Waals surface area (Å²) in [6.45, 7) is 4.65. The molecule has 1 aliphatic carbocycles.